The molecule has 0 saturated carbocycles. The van der Waals surface area contributed by atoms with E-state index >= 15 is 0 Å². The summed E-state index contributed by atoms with van der Waals surface area (Å²) in [6.07, 6.45) is -0.444. The van der Waals surface area contributed by atoms with Crippen molar-refractivity contribution in [2.45, 2.75) is 6.17 Å². The number of benzene rings is 8. The molecule has 1 N–H and O–H groups in total. The molecule has 9 aromatic rings. The van der Waals surface area contributed by atoms with Crippen molar-refractivity contribution in [1.82, 2.24) is 5.32 Å². The molecule has 1 aliphatic heterocycles. The van der Waals surface area contributed by atoms with Crippen molar-refractivity contribution in [3.8, 4) is 44.5 Å². The Balaban J connectivity index is 1.18. The summed E-state index contributed by atoms with van der Waals surface area (Å²) in [5.41, 5.74) is 13.5. The van der Waals surface area contributed by atoms with Gasteiger partial charge in [-0.3, -0.25) is 0 Å². The van der Waals surface area contributed by atoms with Crippen LogP contribution < -0.4 is 5.32 Å². The molecule has 0 radical (unpaired) electrons. The SMILES string of the molecule is c1ccc(C2=NC(c3ccc4c(oc5c(-c6ccc(-c7ccccc7)cc6)cccc54)c3-c3cccc(-c4ccccc4)c3)NC(c3ccccc3)=N2)cc1. The normalized spacial score (nSPS) is 14.0. The van der Waals surface area contributed by atoms with Crippen molar-refractivity contribution in [3.63, 3.8) is 0 Å². The van der Waals surface area contributed by atoms with Crippen molar-refractivity contribution in [2.75, 3.05) is 0 Å². The van der Waals surface area contributed by atoms with Gasteiger partial charge >= 0.3 is 0 Å². The smallest absolute Gasteiger partial charge is 0.159 e. The van der Waals surface area contributed by atoms with Crippen LogP contribution >= 0.6 is 0 Å². The zero-order chi connectivity index (χ0) is 36.6. The molecular weight excluding hydrogens is 671 g/mol. The topological polar surface area (TPSA) is 49.9 Å². The highest BCUT2D eigenvalue weighted by Crippen LogP contribution is 2.44. The van der Waals surface area contributed by atoms with E-state index in [2.05, 4.69) is 163 Å². The molecule has 55 heavy (non-hydrogen) atoms. The van der Waals surface area contributed by atoms with Gasteiger partial charge < -0.3 is 9.73 Å². The summed E-state index contributed by atoms with van der Waals surface area (Å²) in [5.74, 6) is 1.45. The maximum atomic E-state index is 7.13. The molecule has 1 aromatic heterocycles. The summed E-state index contributed by atoms with van der Waals surface area (Å²) < 4.78 is 7.13. The summed E-state index contributed by atoms with van der Waals surface area (Å²) in [4.78, 5) is 10.4. The number of nitrogens with one attached hydrogen (secondary N) is 1. The van der Waals surface area contributed by atoms with Gasteiger partial charge in [0.2, 0.25) is 0 Å². The molecule has 1 atom stereocenters. The second kappa shape index (κ2) is 13.9. The predicted octanol–water partition coefficient (Wildman–Crippen LogP) is 12.7. The van der Waals surface area contributed by atoms with E-state index in [-0.39, 0.29) is 0 Å². The third-order valence-electron chi connectivity index (χ3n) is 10.4. The highest BCUT2D eigenvalue weighted by atomic mass is 16.3. The number of fused-ring (bicyclic) bond motifs is 3. The Morgan fingerprint density at radius 3 is 1.62 bits per heavy atom. The summed E-state index contributed by atoms with van der Waals surface area (Å²) in [6, 6.07) is 69.8. The molecule has 2 heterocycles. The monoisotopic (exact) mass is 705 g/mol. The van der Waals surface area contributed by atoms with Gasteiger partial charge in [-0.2, -0.15) is 0 Å². The van der Waals surface area contributed by atoms with E-state index in [1.807, 2.05) is 42.5 Å². The molecule has 4 heteroatoms. The lowest BCUT2D eigenvalue weighted by molar-refractivity contribution is 0.658. The summed E-state index contributed by atoms with van der Waals surface area (Å²) in [7, 11) is 0. The Bertz CT molecular complexity index is 2860. The lowest BCUT2D eigenvalue weighted by Crippen LogP contribution is -2.33. The molecule has 1 aliphatic rings. The Hall–Kier alpha value is -7.30. The predicted molar refractivity (Wildman–Crippen MR) is 227 cm³/mol. The van der Waals surface area contributed by atoms with E-state index in [1.54, 1.807) is 0 Å². The largest absolute Gasteiger partial charge is 0.455 e. The Morgan fingerprint density at radius 2 is 0.927 bits per heavy atom. The quantitative estimate of drug-likeness (QED) is 0.179. The average molecular weight is 706 g/mol. The number of aliphatic imine (C=N–C) groups is 2. The maximum Gasteiger partial charge on any atom is 0.159 e. The fourth-order valence-electron chi connectivity index (χ4n) is 7.66. The Morgan fingerprint density at radius 1 is 0.400 bits per heavy atom. The van der Waals surface area contributed by atoms with Crippen LogP contribution in [0.15, 0.2) is 215 Å². The molecule has 0 amide bonds. The number of hydrogen-bond donors (Lipinski definition) is 1. The molecule has 0 spiro atoms. The van der Waals surface area contributed by atoms with Gasteiger partial charge in [-0.15, -0.1) is 0 Å². The van der Waals surface area contributed by atoms with Crippen LogP contribution in [0.2, 0.25) is 0 Å². The van der Waals surface area contributed by atoms with Crippen molar-refractivity contribution >= 4 is 33.6 Å². The van der Waals surface area contributed by atoms with Crippen LogP contribution in [0.3, 0.4) is 0 Å². The minimum atomic E-state index is -0.444. The summed E-state index contributed by atoms with van der Waals surface area (Å²) >= 11 is 0. The Labute approximate surface area is 319 Å². The van der Waals surface area contributed by atoms with Gasteiger partial charge in [-0.05, 0) is 39.4 Å². The zero-order valence-electron chi connectivity index (χ0n) is 29.9. The molecule has 0 bridgehead atoms. The third kappa shape index (κ3) is 6.10. The number of hydrogen-bond acceptors (Lipinski definition) is 4. The number of rotatable bonds is 7. The molecule has 0 fully saturated rings. The van der Waals surface area contributed by atoms with E-state index < -0.39 is 6.17 Å². The first-order valence-electron chi connectivity index (χ1n) is 18.6. The van der Waals surface area contributed by atoms with Gasteiger partial charge in [0.15, 0.2) is 5.84 Å². The molecule has 4 nitrogen and oxygen atoms in total. The van der Waals surface area contributed by atoms with Crippen LogP contribution in [0.25, 0.3) is 66.4 Å². The van der Waals surface area contributed by atoms with Crippen molar-refractivity contribution in [2.24, 2.45) is 9.98 Å². The van der Waals surface area contributed by atoms with Crippen LogP contribution in [0.1, 0.15) is 22.9 Å². The number of furan rings is 1. The van der Waals surface area contributed by atoms with E-state index in [4.69, 9.17) is 14.4 Å². The van der Waals surface area contributed by atoms with Crippen molar-refractivity contribution < 1.29 is 4.42 Å². The summed E-state index contributed by atoms with van der Waals surface area (Å²) in [5, 5.41) is 5.85. The van der Waals surface area contributed by atoms with Gasteiger partial charge in [0.1, 0.15) is 23.2 Å². The lowest BCUT2D eigenvalue weighted by atomic mass is 9.92. The van der Waals surface area contributed by atoms with Gasteiger partial charge in [-0.25, -0.2) is 9.98 Å². The number of nitrogens with zero attached hydrogens (tertiary/aromatic N) is 2. The van der Waals surface area contributed by atoms with Crippen LogP contribution in [0.5, 0.6) is 0 Å². The van der Waals surface area contributed by atoms with Gasteiger partial charge in [-0.1, -0.05) is 194 Å². The standard InChI is InChI=1S/C51H35N3O/c1-5-15-34(16-6-1)36-27-29-37(30-28-36)42-25-14-26-43-44-31-32-45(46(48(44)55-47(42)43)41-24-13-23-40(33-41)35-17-7-2-8-18-35)51-53-49(38-19-9-3-10-20-38)52-50(54-51)39-21-11-4-12-22-39/h1-33,51H,(H,52,53,54). The molecular formula is C51H35N3O. The van der Waals surface area contributed by atoms with Gasteiger partial charge in [0.25, 0.3) is 0 Å². The highest BCUT2D eigenvalue weighted by Gasteiger charge is 2.27. The first kappa shape index (κ1) is 32.4. The first-order chi connectivity index (χ1) is 27.3. The van der Waals surface area contributed by atoms with Crippen LogP contribution in [0, 0.1) is 0 Å². The highest BCUT2D eigenvalue weighted by molar-refractivity contribution is 6.15. The molecule has 0 aliphatic carbocycles. The number of amidine groups is 2. The molecule has 10 rings (SSSR count). The van der Waals surface area contributed by atoms with E-state index in [0.29, 0.717) is 5.84 Å². The van der Waals surface area contributed by atoms with Crippen LogP contribution in [-0.2, 0) is 0 Å². The zero-order valence-corrected chi connectivity index (χ0v) is 29.9. The van der Waals surface area contributed by atoms with Crippen molar-refractivity contribution in [3.05, 3.63) is 217 Å². The number of para-hydroxylation sites is 1. The van der Waals surface area contributed by atoms with E-state index in [1.165, 1.54) is 11.1 Å². The van der Waals surface area contributed by atoms with E-state index in [0.717, 1.165) is 77.8 Å². The van der Waals surface area contributed by atoms with Gasteiger partial charge in [0, 0.05) is 38.6 Å². The molecule has 260 valence electrons. The summed E-state index contributed by atoms with van der Waals surface area (Å²) in [6.45, 7) is 0. The minimum Gasteiger partial charge on any atom is -0.455 e. The molecule has 1 unspecified atom stereocenters. The third-order valence-corrected chi connectivity index (χ3v) is 10.4. The molecule has 8 aromatic carbocycles. The van der Waals surface area contributed by atoms with E-state index in [9.17, 15) is 0 Å². The van der Waals surface area contributed by atoms with Crippen LogP contribution in [-0.4, -0.2) is 11.7 Å². The minimum absolute atomic E-state index is 0.444. The second-order valence-corrected chi connectivity index (χ2v) is 13.8. The molecule has 0 saturated heterocycles. The average Bonchev–Trinajstić information content (AvgIpc) is 3.66. The van der Waals surface area contributed by atoms with Crippen LogP contribution in [0.4, 0.5) is 0 Å². The first-order valence-corrected chi connectivity index (χ1v) is 18.6. The Kier molecular flexibility index (Phi) is 8.19. The lowest BCUT2D eigenvalue weighted by Gasteiger charge is -2.25. The van der Waals surface area contributed by atoms with Gasteiger partial charge in [0.05, 0.1) is 0 Å². The second-order valence-electron chi connectivity index (χ2n) is 13.8. The maximum absolute atomic E-state index is 7.13. The van der Waals surface area contributed by atoms with Crippen molar-refractivity contribution in [1.29, 1.82) is 0 Å². The fraction of sp³-hybridized carbons (Fsp3) is 0.0196. The fourth-order valence-corrected chi connectivity index (χ4v) is 7.66.